The lowest BCUT2D eigenvalue weighted by Gasteiger charge is -2.27. The van der Waals surface area contributed by atoms with Crippen LogP contribution in [0.3, 0.4) is 0 Å². The molecule has 0 bridgehead atoms. The number of fused-ring (bicyclic) bond motifs is 1. The molecule has 0 aliphatic carbocycles. The molecule has 1 fully saturated rings. The van der Waals surface area contributed by atoms with E-state index in [9.17, 15) is 0 Å². The molecule has 6 heteroatoms. The monoisotopic (exact) mass is 295 g/mol. The van der Waals surface area contributed by atoms with E-state index in [2.05, 4.69) is 37.2 Å². The number of H-pyrrole nitrogens is 1. The molecule has 1 saturated heterocycles. The standard InChI is InChI=1S/C16H17N5O/c1-11-13-10-18-20-15(13)8-14(19-11)12-2-3-16(17-9-12)21-4-6-22-7-5-21/h2-3,8-10H,4-7H2,1H3,(H,18,20). The third kappa shape index (κ3) is 2.31. The third-order valence-electron chi connectivity index (χ3n) is 4.01. The fraction of sp³-hybridized carbons (Fsp3) is 0.312. The number of nitrogens with zero attached hydrogens (tertiary/aromatic N) is 4. The van der Waals surface area contributed by atoms with Gasteiger partial charge >= 0.3 is 0 Å². The molecule has 112 valence electrons. The maximum absolute atomic E-state index is 5.37. The lowest BCUT2D eigenvalue weighted by molar-refractivity contribution is 0.122. The number of hydrogen-bond donors (Lipinski definition) is 1. The van der Waals surface area contributed by atoms with Gasteiger partial charge in [-0.1, -0.05) is 0 Å². The summed E-state index contributed by atoms with van der Waals surface area (Å²) in [5.74, 6) is 0.992. The zero-order chi connectivity index (χ0) is 14.9. The van der Waals surface area contributed by atoms with Crippen LogP contribution in [0.4, 0.5) is 5.82 Å². The largest absolute Gasteiger partial charge is 0.378 e. The van der Waals surface area contributed by atoms with Crippen molar-refractivity contribution in [3.8, 4) is 11.3 Å². The molecule has 0 saturated carbocycles. The average Bonchev–Trinajstić information content (AvgIpc) is 3.05. The van der Waals surface area contributed by atoms with E-state index >= 15 is 0 Å². The van der Waals surface area contributed by atoms with E-state index < -0.39 is 0 Å². The van der Waals surface area contributed by atoms with E-state index in [0.29, 0.717) is 0 Å². The van der Waals surface area contributed by atoms with Crippen LogP contribution in [0.15, 0.2) is 30.6 Å². The maximum atomic E-state index is 5.37. The number of morpholine rings is 1. The van der Waals surface area contributed by atoms with Crippen molar-refractivity contribution in [1.82, 2.24) is 20.2 Å². The summed E-state index contributed by atoms with van der Waals surface area (Å²) in [5, 5.41) is 8.13. The first-order valence-corrected chi connectivity index (χ1v) is 7.41. The van der Waals surface area contributed by atoms with Crippen molar-refractivity contribution in [2.75, 3.05) is 31.2 Å². The first-order valence-electron chi connectivity index (χ1n) is 7.41. The number of aryl methyl sites for hydroxylation is 1. The SMILES string of the molecule is Cc1nc(-c2ccc(N3CCOCC3)nc2)cc2[nH]ncc12. The molecule has 0 unspecified atom stereocenters. The molecule has 3 aromatic rings. The number of ether oxygens (including phenoxy) is 1. The highest BCUT2D eigenvalue weighted by molar-refractivity contribution is 5.83. The average molecular weight is 295 g/mol. The molecule has 0 amide bonds. The minimum Gasteiger partial charge on any atom is -0.378 e. The lowest BCUT2D eigenvalue weighted by Crippen LogP contribution is -2.36. The summed E-state index contributed by atoms with van der Waals surface area (Å²) in [5.41, 5.74) is 3.89. The first-order chi connectivity index (χ1) is 10.8. The van der Waals surface area contributed by atoms with Gasteiger partial charge in [-0.2, -0.15) is 5.10 Å². The molecule has 0 radical (unpaired) electrons. The highest BCUT2D eigenvalue weighted by Gasteiger charge is 2.13. The second-order valence-corrected chi connectivity index (χ2v) is 5.43. The smallest absolute Gasteiger partial charge is 0.128 e. The van der Waals surface area contributed by atoms with Crippen molar-refractivity contribution >= 4 is 16.7 Å². The molecule has 1 aliphatic heterocycles. The van der Waals surface area contributed by atoms with Gasteiger partial charge in [0.05, 0.1) is 30.6 Å². The van der Waals surface area contributed by atoms with Gasteiger partial charge in [-0.25, -0.2) is 4.98 Å². The van der Waals surface area contributed by atoms with E-state index in [1.54, 1.807) is 6.20 Å². The summed E-state index contributed by atoms with van der Waals surface area (Å²) in [6.45, 7) is 5.31. The predicted octanol–water partition coefficient (Wildman–Crippen LogP) is 2.16. The fourth-order valence-electron chi connectivity index (χ4n) is 2.77. The van der Waals surface area contributed by atoms with Crippen LogP contribution in [-0.2, 0) is 4.74 Å². The van der Waals surface area contributed by atoms with Crippen LogP contribution in [0.25, 0.3) is 22.2 Å². The van der Waals surface area contributed by atoms with Gasteiger partial charge in [-0.3, -0.25) is 10.1 Å². The van der Waals surface area contributed by atoms with Crippen molar-refractivity contribution < 1.29 is 4.74 Å². The molecule has 0 spiro atoms. The molecule has 3 aromatic heterocycles. The van der Waals surface area contributed by atoms with Crippen molar-refractivity contribution in [3.63, 3.8) is 0 Å². The number of pyridine rings is 2. The Hall–Kier alpha value is -2.47. The summed E-state index contributed by atoms with van der Waals surface area (Å²) in [6, 6.07) is 6.14. The van der Waals surface area contributed by atoms with Crippen molar-refractivity contribution in [2.24, 2.45) is 0 Å². The Morgan fingerprint density at radius 1 is 1.18 bits per heavy atom. The zero-order valence-corrected chi connectivity index (χ0v) is 12.4. The van der Waals surface area contributed by atoms with Crippen molar-refractivity contribution in [3.05, 3.63) is 36.3 Å². The second-order valence-electron chi connectivity index (χ2n) is 5.43. The van der Waals surface area contributed by atoms with Crippen LogP contribution in [0.2, 0.25) is 0 Å². The minimum absolute atomic E-state index is 0.765. The van der Waals surface area contributed by atoms with E-state index in [-0.39, 0.29) is 0 Å². The molecule has 0 atom stereocenters. The Balaban J connectivity index is 1.66. The molecular formula is C16H17N5O. The number of hydrogen-bond acceptors (Lipinski definition) is 5. The zero-order valence-electron chi connectivity index (χ0n) is 12.4. The summed E-state index contributed by atoms with van der Waals surface area (Å²) in [7, 11) is 0. The molecule has 6 nitrogen and oxygen atoms in total. The second kappa shape index (κ2) is 5.38. The predicted molar refractivity (Wildman–Crippen MR) is 84.9 cm³/mol. The fourth-order valence-corrected chi connectivity index (χ4v) is 2.77. The third-order valence-corrected chi connectivity index (χ3v) is 4.01. The van der Waals surface area contributed by atoms with Gasteiger partial charge in [0.1, 0.15) is 5.82 Å². The molecule has 4 rings (SSSR count). The van der Waals surface area contributed by atoms with Crippen molar-refractivity contribution in [2.45, 2.75) is 6.92 Å². The van der Waals surface area contributed by atoms with Gasteiger partial charge in [-0.15, -0.1) is 0 Å². The van der Waals surface area contributed by atoms with Crippen LogP contribution < -0.4 is 4.90 Å². The minimum atomic E-state index is 0.765. The highest BCUT2D eigenvalue weighted by Crippen LogP contribution is 2.24. The molecule has 1 N–H and O–H groups in total. The van der Waals surface area contributed by atoms with Crippen LogP contribution >= 0.6 is 0 Å². The Kier molecular flexibility index (Phi) is 3.23. The number of nitrogens with one attached hydrogen (secondary N) is 1. The van der Waals surface area contributed by atoms with Gasteiger partial charge < -0.3 is 9.64 Å². The Morgan fingerprint density at radius 2 is 2.05 bits per heavy atom. The Bertz CT molecular complexity index is 790. The first kappa shape index (κ1) is 13.2. The van der Waals surface area contributed by atoms with Crippen LogP contribution in [0.5, 0.6) is 0 Å². The van der Waals surface area contributed by atoms with Crippen LogP contribution in [0.1, 0.15) is 5.69 Å². The van der Waals surface area contributed by atoms with Gasteiger partial charge in [-0.05, 0) is 25.1 Å². The number of aromatic nitrogens is 4. The van der Waals surface area contributed by atoms with E-state index in [4.69, 9.17) is 4.74 Å². The lowest BCUT2D eigenvalue weighted by atomic mass is 10.1. The Morgan fingerprint density at radius 3 is 2.82 bits per heavy atom. The summed E-state index contributed by atoms with van der Waals surface area (Å²) >= 11 is 0. The molecular weight excluding hydrogens is 278 g/mol. The maximum Gasteiger partial charge on any atom is 0.128 e. The molecule has 0 aromatic carbocycles. The summed E-state index contributed by atoms with van der Waals surface area (Å²) < 4.78 is 5.37. The molecule has 4 heterocycles. The van der Waals surface area contributed by atoms with E-state index in [1.807, 2.05) is 19.2 Å². The quantitative estimate of drug-likeness (QED) is 0.785. The summed E-state index contributed by atoms with van der Waals surface area (Å²) in [6.07, 6.45) is 3.69. The highest BCUT2D eigenvalue weighted by atomic mass is 16.5. The molecule has 1 aliphatic rings. The van der Waals surface area contributed by atoms with E-state index in [1.165, 1.54) is 0 Å². The van der Waals surface area contributed by atoms with Crippen LogP contribution in [0, 0.1) is 6.92 Å². The summed E-state index contributed by atoms with van der Waals surface area (Å²) in [4.78, 5) is 11.5. The van der Waals surface area contributed by atoms with Gasteiger partial charge in [0, 0.05) is 35.9 Å². The van der Waals surface area contributed by atoms with Gasteiger partial charge in [0.2, 0.25) is 0 Å². The number of aromatic amines is 1. The van der Waals surface area contributed by atoms with Crippen LogP contribution in [-0.4, -0.2) is 46.5 Å². The Labute approximate surface area is 128 Å². The molecule has 22 heavy (non-hydrogen) atoms. The van der Waals surface area contributed by atoms with Gasteiger partial charge in [0.25, 0.3) is 0 Å². The normalized spacial score (nSPS) is 15.4. The number of rotatable bonds is 2. The van der Waals surface area contributed by atoms with Crippen molar-refractivity contribution in [1.29, 1.82) is 0 Å². The van der Waals surface area contributed by atoms with E-state index in [0.717, 1.165) is 60.0 Å². The number of anilines is 1. The topological polar surface area (TPSA) is 66.9 Å². The van der Waals surface area contributed by atoms with Gasteiger partial charge in [0.15, 0.2) is 0 Å².